The number of unbranched alkanes of at least 4 members (excludes halogenated alkanes) is 1. The fourth-order valence-electron chi connectivity index (χ4n) is 2.10. The van der Waals surface area contributed by atoms with E-state index in [-0.39, 0.29) is 0 Å². The molecule has 17 heavy (non-hydrogen) atoms. The van der Waals surface area contributed by atoms with Crippen molar-refractivity contribution in [3.63, 3.8) is 0 Å². The Morgan fingerprint density at radius 1 is 1.35 bits per heavy atom. The first-order valence-electron chi connectivity index (χ1n) is 6.31. The van der Waals surface area contributed by atoms with Crippen LogP contribution in [0.4, 0.5) is 0 Å². The van der Waals surface area contributed by atoms with E-state index >= 15 is 0 Å². The molecule has 2 rings (SSSR count). The Hall–Kier alpha value is -1.57. The molecule has 0 radical (unpaired) electrons. The first kappa shape index (κ1) is 11.9. The van der Waals surface area contributed by atoms with Crippen LogP contribution in [0, 0.1) is 0 Å². The van der Waals surface area contributed by atoms with E-state index in [1.54, 1.807) is 0 Å². The Balaban J connectivity index is 2.44. The maximum absolute atomic E-state index is 4.73. The summed E-state index contributed by atoms with van der Waals surface area (Å²) in [6.45, 7) is 9.17. The lowest BCUT2D eigenvalue weighted by atomic mass is 10.2. The number of allylic oxidation sites excluding steroid dienone is 1. The largest absolute Gasteiger partial charge is 0.324 e. The van der Waals surface area contributed by atoms with E-state index in [1.165, 1.54) is 29.8 Å². The zero-order chi connectivity index (χ0) is 12.3. The molecule has 0 fully saturated rings. The number of hydrogen-bond donors (Lipinski definition) is 0. The number of benzene rings is 1. The number of aromatic nitrogens is 2. The van der Waals surface area contributed by atoms with Gasteiger partial charge in [0.1, 0.15) is 5.82 Å². The van der Waals surface area contributed by atoms with Gasteiger partial charge < -0.3 is 4.57 Å². The molecule has 2 aromatic rings. The van der Waals surface area contributed by atoms with Gasteiger partial charge in [0.15, 0.2) is 0 Å². The average molecular weight is 228 g/mol. The van der Waals surface area contributed by atoms with E-state index in [2.05, 4.69) is 43.2 Å². The first-order chi connectivity index (χ1) is 8.22. The molecule has 0 aliphatic heterocycles. The molecule has 0 atom stereocenters. The summed E-state index contributed by atoms with van der Waals surface area (Å²) in [7, 11) is 0. The van der Waals surface area contributed by atoms with E-state index in [4.69, 9.17) is 4.98 Å². The Labute approximate surface area is 103 Å². The fraction of sp³-hybridized carbons (Fsp3) is 0.400. The maximum Gasteiger partial charge on any atom is 0.110 e. The molecular weight excluding hydrogens is 208 g/mol. The Bertz CT molecular complexity index is 523. The van der Waals surface area contributed by atoms with Crippen molar-refractivity contribution in [2.24, 2.45) is 0 Å². The van der Waals surface area contributed by atoms with Crippen molar-refractivity contribution in [3.05, 3.63) is 42.2 Å². The van der Waals surface area contributed by atoms with E-state index in [0.717, 1.165) is 18.5 Å². The zero-order valence-corrected chi connectivity index (χ0v) is 10.7. The lowest BCUT2D eigenvalue weighted by molar-refractivity contribution is 0.686. The number of fused-ring (bicyclic) bond motifs is 1. The number of nitrogens with zero attached hydrogens (tertiary/aromatic N) is 2. The van der Waals surface area contributed by atoms with Gasteiger partial charge in [-0.1, -0.05) is 37.6 Å². The fourth-order valence-corrected chi connectivity index (χ4v) is 2.10. The highest BCUT2D eigenvalue weighted by atomic mass is 15.1. The van der Waals surface area contributed by atoms with Crippen LogP contribution in [0.5, 0.6) is 0 Å². The molecule has 0 saturated carbocycles. The summed E-state index contributed by atoms with van der Waals surface area (Å²) in [6.07, 6.45) is 3.45. The SMILES string of the molecule is C=C(C)Cn1c(CCCC)nc2ccccc21. The number of imidazole rings is 1. The predicted molar refractivity (Wildman–Crippen MR) is 73.2 cm³/mol. The Morgan fingerprint density at radius 2 is 2.12 bits per heavy atom. The second kappa shape index (κ2) is 5.17. The summed E-state index contributed by atoms with van der Waals surface area (Å²) in [5.74, 6) is 1.19. The number of rotatable bonds is 5. The summed E-state index contributed by atoms with van der Waals surface area (Å²) in [5, 5.41) is 0. The number of aryl methyl sites for hydroxylation is 1. The van der Waals surface area contributed by atoms with Crippen LogP contribution in [0.2, 0.25) is 0 Å². The molecule has 1 heterocycles. The topological polar surface area (TPSA) is 17.8 Å². The summed E-state index contributed by atoms with van der Waals surface area (Å²) in [5.41, 5.74) is 3.49. The van der Waals surface area contributed by atoms with Gasteiger partial charge in [-0.05, 0) is 25.5 Å². The van der Waals surface area contributed by atoms with Crippen molar-refractivity contribution in [2.75, 3.05) is 0 Å². The minimum Gasteiger partial charge on any atom is -0.324 e. The lowest BCUT2D eigenvalue weighted by Gasteiger charge is -2.08. The highest BCUT2D eigenvalue weighted by molar-refractivity contribution is 5.76. The van der Waals surface area contributed by atoms with Crippen LogP contribution in [0.15, 0.2) is 36.4 Å². The van der Waals surface area contributed by atoms with Crippen molar-refractivity contribution in [2.45, 2.75) is 39.7 Å². The third kappa shape index (κ3) is 2.57. The van der Waals surface area contributed by atoms with Gasteiger partial charge in [0.25, 0.3) is 0 Å². The standard InChI is InChI=1S/C15H20N2/c1-4-5-10-15-16-13-8-6-7-9-14(13)17(15)11-12(2)3/h6-9H,2,4-5,10-11H2,1,3H3. The summed E-state index contributed by atoms with van der Waals surface area (Å²) in [4.78, 5) is 4.73. The first-order valence-corrected chi connectivity index (χ1v) is 6.31. The minimum atomic E-state index is 0.875. The molecule has 0 amide bonds. The molecular formula is C15H20N2. The molecule has 0 N–H and O–H groups in total. The van der Waals surface area contributed by atoms with Crippen molar-refractivity contribution in [3.8, 4) is 0 Å². The van der Waals surface area contributed by atoms with Gasteiger partial charge >= 0.3 is 0 Å². The Kier molecular flexibility index (Phi) is 3.62. The molecule has 2 heteroatoms. The summed E-state index contributed by atoms with van der Waals surface area (Å²) < 4.78 is 2.30. The van der Waals surface area contributed by atoms with Gasteiger partial charge in [-0.25, -0.2) is 4.98 Å². The second-order valence-corrected chi connectivity index (χ2v) is 4.66. The highest BCUT2D eigenvalue weighted by Crippen LogP contribution is 2.18. The third-order valence-electron chi connectivity index (χ3n) is 2.92. The molecule has 90 valence electrons. The maximum atomic E-state index is 4.73. The van der Waals surface area contributed by atoms with Crippen molar-refractivity contribution < 1.29 is 0 Å². The predicted octanol–water partition coefficient (Wildman–Crippen LogP) is 3.96. The molecule has 0 bridgehead atoms. The normalized spacial score (nSPS) is 10.9. The van der Waals surface area contributed by atoms with E-state index in [0.29, 0.717) is 0 Å². The molecule has 0 unspecified atom stereocenters. The number of hydrogen-bond acceptors (Lipinski definition) is 1. The van der Waals surface area contributed by atoms with Gasteiger partial charge in [0.2, 0.25) is 0 Å². The molecule has 1 aromatic carbocycles. The molecule has 2 nitrogen and oxygen atoms in total. The quantitative estimate of drug-likeness (QED) is 0.708. The van der Waals surface area contributed by atoms with Gasteiger partial charge in [-0.2, -0.15) is 0 Å². The van der Waals surface area contributed by atoms with Gasteiger partial charge in [-0.15, -0.1) is 0 Å². The van der Waals surface area contributed by atoms with Gasteiger partial charge in [0, 0.05) is 13.0 Å². The smallest absolute Gasteiger partial charge is 0.110 e. The Morgan fingerprint density at radius 3 is 2.82 bits per heavy atom. The average Bonchev–Trinajstić information content (AvgIpc) is 2.64. The van der Waals surface area contributed by atoms with Gasteiger partial charge in [0.05, 0.1) is 11.0 Å². The van der Waals surface area contributed by atoms with E-state index in [9.17, 15) is 0 Å². The van der Waals surface area contributed by atoms with Crippen LogP contribution in [0.3, 0.4) is 0 Å². The summed E-state index contributed by atoms with van der Waals surface area (Å²) in [6, 6.07) is 8.34. The summed E-state index contributed by atoms with van der Waals surface area (Å²) >= 11 is 0. The zero-order valence-electron chi connectivity index (χ0n) is 10.7. The van der Waals surface area contributed by atoms with Crippen molar-refractivity contribution in [1.82, 2.24) is 9.55 Å². The highest BCUT2D eigenvalue weighted by Gasteiger charge is 2.09. The van der Waals surface area contributed by atoms with Crippen LogP contribution in [0.25, 0.3) is 11.0 Å². The van der Waals surface area contributed by atoms with Crippen LogP contribution in [-0.4, -0.2) is 9.55 Å². The van der Waals surface area contributed by atoms with Crippen LogP contribution >= 0.6 is 0 Å². The molecule has 0 aliphatic rings. The van der Waals surface area contributed by atoms with Crippen LogP contribution in [0.1, 0.15) is 32.5 Å². The lowest BCUT2D eigenvalue weighted by Crippen LogP contribution is -2.04. The molecule has 1 aromatic heterocycles. The minimum absolute atomic E-state index is 0.875. The van der Waals surface area contributed by atoms with E-state index < -0.39 is 0 Å². The monoisotopic (exact) mass is 228 g/mol. The number of para-hydroxylation sites is 2. The van der Waals surface area contributed by atoms with Crippen molar-refractivity contribution in [1.29, 1.82) is 0 Å². The van der Waals surface area contributed by atoms with Crippen LogP contribution in [-0.2, 0) is 13.0 Å². The van der Waals surface area contributed by atoms with Gasteiger partial charge in [-0.3, -0.25) is 0 Å². The second-order valence-electron chi connectivity index (χ2n) is 4.66. The van der Waals surface area contributed by atoms with Crippen LogP contribution < -0.4 is 0 Å². The molecule has 0 saturated heterocycles. The molecule has 0 aliphatic carbocycles. The molecule has 0 spiro atoms. The van der Waals surface area contributed by atoms with E-state index in [1.807, 2.05) is 6.07 Å². The third-order valence-corrected chi connectivity index (χ3v) is 2.92. The van der Waals surface area contributed by atoms with Crippen molar-refractivity contribution >= 4 is 11.0 Å².